The van der Waals surface area contributed by atoms with Crippen LogP contribution in [-0.4, -0.2) is 50.3 Å². The summed E-state index contributed by atoms with van der Waals surface area (Å²) in [5, 5.41) is 4.55. The Morgan fingerprint density at radius 2 is 2.06 bits per heavy atom. The van der Waals surface area contributed by atoms with Gasteiger partial charge in [0, 0.05) is 30.9 Å². The Labute approximate surface area is 189 Å². The number of nitrogens with one attached hydrogen (secondary N) is 1. The summed E-state index contributed by atoms with van der Waals surface area (Å²) in [5.41, 5.74) is 2.64. The molecule has 0 unspecified atom stereocenters. The number of carbonyl (C=O) groups excluding carboxylic acids is 1. The summed E-state index contributed by atoms with van der Waals surface area (Å²) in [6.45, 7) is 4.99. The van der Waals surface area contributed by atoms with Gasteiger partial charge in [0.25, 0.3) is 5.91 Å². The fourth-order valence-corrected chi connectivity index (χ4v) is 5.09. The van der Waals surface area contributed by atoms with Crippen molar-refractivity contribution in [3.63, 3.8) is 0 Å². The van der Waals surface area contributed by atoms with Crippen molar-refractivity contribution in [1.29, 1.82) is 0 Å². The molecule has 1 amide bonds. The Balaban J connectivity index is 1.36. The van der Waals surface area contributed by atoms with E-state index in [2.05, 4.69) is 15.2 Å². The summed E-state index contributed by atoms with van der Waals surface area (Å²) in [6, 6.07) is 13.8. The summed E-state index contributed by atoms with van der Waals surface area (Å²) >= 11 is 1.40. The molecular weight excluding hydrogens is 426 g/mol. The molecule has 1 saturated heterocycles. The van der Waals surface area contributed by atoms with Crippen LogP contribution < -0.4 is 15.0 Å². The molecule has 1 aliphatic heterocycles. The number of carbonyl (C=O) groups is 1. The number of fused-ring (bicyclic) bond motifs is 2. The third-order valence-electron chi connectivity index (χ3n) is 5.61. The van der Waals surface area contributed by atoms with Crippen LogP contribution in [0.25, 0.3) is 21.2 Å². The maximum atomic E-state index is 13.0. The van der Waals surface area contributed by atoms with Crippen molar-refractivity contribution in [2.45, 2.75) is 19.4 Å². The molecule has 0 spiro atoms. The molecule has 32 heavy (non-hydrogen) atoms. The van der Waals surface area contributed by atoms with Gasteiger partial charge in [-0.05, 0) is 31.2 Å². The molecule has 4 aromatic rings. The van der Waals surface area contributed by atoms with Crippen molar-refractivity contribution in [3.05, 3.63) is 53.2 Å². The number of methoxy groups -OCH3 is 1. The average molecular weight is 452 g/mol. The fraction of sp³-hybridized carbons (Fsp3) is 0.333. The number of amides is 1. The minimum atomic E-state index is -0.190. The highest BCUT2D eigenvalue weighted by atomic mass is 32.1. The highest BCUT2D eigenvalue weighted by Crippen LogP contribution is 2.38. The Morgan fingerprint density at radius 1 is 1.25 bits per heavy atom. The van der Waals surface area contributed by atoms with Gasteiger partial charge in [-0.2, -0.15) is 0 Å². The number of hydrogen-bond acceptors (Lipinski definition) is 7. The Kier molecular flexibility index (Phi) is 5.71. The number of aromatic nitrogens is 1. The third-order valence-corrected chi connectivity index (χ3v) is 6.69. The van der Waals surface area contributed by atoms with E-state index in [1.54, 1.807) is 7.11 Å². The quantitative estimate of drug-likeness (QED) is 0.472. The van der Waals surface area contributed by atoms with E-state index in [-0.39, 0.29) is 11.9 Å². The number of furan rings is 1. The van der Waals surface area contributed by atoms with Gasteiger partial charge in [-0.1, -0.05) is 18.2 Å². The minimum absolute atomic E-state index is 0.101. The number of nitrogens with zero attached hydrogens (tertiary/aromatic N) is 2. The maximum absolute atomic E-state index is 13.0. The van der Waals surface area contributed by atoms with E-state index in [9.17, 15) is 4.79 Å². The van der Waals surface area contributed by atoms with Gasteiger partial charge in [0.2, 0.25) is 0 Å². The lowest BCUT2D eigenvalue weighted by Crippen LogP contribution is -2.36. The molecule has 1 atom stereocenters. The van der Waals surface area contributed by atoms with Gasteiger partial charge in [-0.3, -0.25) is 4.79 Å². The zero-order chi connectivity index (χ0) is 22.1. The second-order valence-electron chi connectivity index (χ2n) is 7.91. The van der Waals surface area contributed by atoms with Crippen LogP contribution in [0, 0.1) is 0 Å². The number of benzene rings is 2. The van der Waals surface area contributed by atoms with Crippen molar-refractivity contribution in [2.24, 2.45) is 0 Å². The lowest BCUT2D eigenvalue weighted by molar-refractivity contribution is 0.0939. The van der Waals surface area contributed by atoms with Crippen LogP contribution >= 0.6 is 11.3 Å². The molecule has 0 saturated carbocycles. The molecule has 1 N–H and O–H groups in total. The zero-order valence-corrected chi connectivity index (χ0v) is 18.9. The van der Waals surface area contributed by atoms with Crippen LogP contribution in [0.2, 0.25) is 0 Å². The first-order valence-electron chi connectivity index (χ1n) is 10.7. The average Bonchev–Trinajstić information content (AvgIpc) is 3.43. The molecule has 8 heteroatoms. The summed E-state index contributed by atoms with van der Waals surface area (Å²) in [7, 11) is 1.62. The maximum Gasteiger partial charge on any atom is 0.280 e. The first-order valence-corrected chi connectivity index (χ1v) is 11.5. The minimum Gasteiger partial charge on any atom is -0.494 e. The third kappa shape index (κ3) is 4.03. The summed E-state index contributed by atoms with van der Waals surface area (Å²) in [5.74, 6) is 1.33. The Hall–Kier alpha value is -3.10. The van der Waals surface area contributed by atoms with Crippen molar-refractivity contribution < 1.29 is 18.7 Å². The van der Waals surface area contributed by atoms with Crippen molar-refractivity contribution in [3.8, 4) is 5.75 Å². The normalized spacial score (nSPS) is 15.2. The topological polar surface area (TPSA) is 76.8 Å². The molecule has 3 heterocycles. The molecule has 1 fully saturated rings. The first kappa shape index (κ1) is 20.8. The van der Waals surface area contributed by atoms with Gasteiger partial charge in [0.1, 0.15) is 22.6 Å². The van der Waals surface area contributed by atoms with Crippen LogP contribution in [-0.2, 0) is 11.2 Å². The van der Waals surface area contributed by atoms with Crippen LogP contribution in [0.15, 0.2) is 46.9 Å². The molecule has 7 nitrogen and oxygen atoms in total. The number of morpholine rings is 1. The van der Waals surface area contributed by atoms with Crippen LogP contribution in [0.4, 0.5) is 5.69 Å². The number of ether oxygens (including phenoxy) is 2. The van der Waals surface area contributed by atoms with E-state index in [1.807, 2.05) is 49.4 Å². The van der Waals surface area contributed by atoms with E-state index in [0.29, 0.717) is 30.4 Å². The van der Waals surface area contributed by atoms with Crippen LogP contribution in [0.5, 0.6) is 5.75 Å². The molecule has 0 bridgehead atoms. The molecule has 166 valence electrons. The van der Waals surface area contributed by atoms with Gasteiger partial charge in [0.05, 0.1) is 30.7 Å². The second-order valence-corrected chi connectivity index (χ2v) is 8.91. The molecule has 2 aromatic carbocycles. The molecule has 1 aliphatic rings. The van der Waals surface area contributed by atoms with Crippen molar-refractivity contribution in [1.82, 2.24) is 10.3 Å². The highest BCUT2D eigenvalue weighted by Gasteiger charge is 2.22. The highest BCUT2D eigenvalue weighted by molar-refractivity contribution is 7.21. The lowest BCUT2D eigenvalue weighted by atomic mass is 10.2. The number of thiazole rings is 1. The Bertz CT molecular complexity index is 1230. The molecule has 0 aliphatic carbocycles. The van der Waals surface area contributed by atoms with Gasteiger partial charge >= 0.3 is 0 Å². The summed E-state index contributed by atoms with van der Waals surface area (Å²) in [6.07, 6.45) is 0.605. The number of anilines is 1. The smallest absolute Gasteiger partial charge is 0.280 e. The Morgan fingerprint density at radius 3 is 2.84 bits per heavy atom. The molecule has 5 rings (SSSR count). The van der Waals surface area contributed by atoms with Crippen molar-refractivity contribution in [2.75, 3.05) is 38.3 Å². The second kappa shape index (κ2) is 8.80. The fourth-order valence-electron chi connectivity index (χ4n) is 4.06. The predicted octanol–water partition coefficient (Wildman–Crippen LogP) is 4.25. The number of hydrogen-bond donors (Lipinski definition) is 1. The van der Waals surface area contributed by atoms with E-state index < -0.39 is 0 Å². The standard InChI is InChI=1S/C24H25N3O4S/c1-15(13-17-14-16-5-3-4-6-19(16)31-17)25-23(28)24-26-21-20(29-2)8-7-18(22(21)32-24)27-9-11-30-12-10-27/h3-8,14-15H,9-13H2,1-2H3,(H,25,28)/t15-/m0/s1. The van der Waals surface area contributed by atoms with Crippen LogP contribution in [0.1, 0.15) is 22.5 Å². The van der Waals surface area contributed by atoms with Gasteiger partial charge in [0.15, 0.2) is 5.01 Å². The predicted molar refractivity (Wildman–Crippen MR) is 126 cm³/mol. The van der Waals surface area contributed by atoms with Crippen molar-refractivity contribution >= 4 is 44.1 Å². The molecule has 2 aromatic heterocycles. The monoisotopic (exact) mass is 451 g/mol. The van der Waals surface area contributed by atoms with Crippen LogP contribution in [0.3, 0.4) is 0 Å². The molecule has 0 radical (unpaired) electrons. The van der Waals surface area contributed by atoms with E-state index >= 15 is 0 Å². The number of rotatable bonds is 6. The zero-order valence-electron chi connectivity index (χ0n) is 18.1. The van der Waals surface area contributed by atoms with E-state index in [0.717, 1.165) is 45.7 Å². The largest absolute Gasteiger partial charge is 0.494 e. The van der Waals surface area contributed by atoms with Gasteiger partial charge < -0.3 is 24.1 Å². The first-order chi connectivity index (χ1) is 15.6. The molecular formula is C24H25N3O4S. The van der Waals surface area contributed by atoms with Gasteiger partial charge in [-0.15, -0.1) is 11.3 Å². The summed E-state index contributed by atoms with van der Waals surface area (Å²) < 4.78 is 17.8. The van der Waals surface area contributed by atoms with E-state index in [4.69, 9.17) is 13.9 Å². The summed E-state index contributed by atoms with van der Waals surface area (Å²) in [4.78, 5) is 19.9. The van der Waals surface area contributed by atoms with Gasteiger partial charge in [-0.25, -0.2) is 4.98 Å². The van der Waals surface area contributed by atoms with E-state index in [1.165, 1.54) is 11.3 Å². The SMILES string of the molecule is COc1ccc(N2CCOCC2)c2sc(C(=O)N[C@@H](C)Cc3cc4ccccc4o3)nc12. The number of para-hydroxylation sites is 1. The lowest BCUT2D eigenvalue weighted by Gasteiger charge is -2.29.